The number of nitrogens with one attached hydrogen (secondary N) is 1. The molecule has 174 valence electrons. The third-order valence-corrected chi connectivity index (χ3v) is 5.52. The normalized spacial score (nSPS) is 13.9. The van der Waals surface area contributed by atoms with E-state index in [-0.39, 0.29) is 35.4 Å². The Balaban J connectivity index is 1.56. The molecule has 1 N–H and O–H groups in total. The lowest BCUT2D eigenvalue weighted by Gasteiger charge is -2.32. The molecule has 1 fully saturated rings. The summed E-state index contributed by atoms with van der Waals surface area (Å²) in [5, 5.41) is 14.3. The summed E-state index contributed by atoms with van der Waals surface area (Å²) in [5.41, 5.74) is 0.796. The highest BCUT2D eigenvalue weighted by molar-refractivity contribution is 5.99. The maximum atomic E-state index is 13.0. The van der Waals surface area contributed by atoms with Crippen LogP contribution < -0.4 is 5.32 Å². The maximum absolute atomic E-state index is 13.0. The average molecular weight is 453 g/mol. The van der Waals surface area contributed by atoms with Crippen molar-refractivity contribution in [2.24, 2.45) is 0 Å². The number of hydrogen-bond acceptors (Lipinski definition) is 6. The molecule has 1 heterocycles. The van der Waals surface area contributed by atoms with Gasteiger partial charge in [-0.3, -0.25) is 19.7 Å². The summed E-state index contributed by atoms with van der Waals surface area (Å²) in [4.78, 5) is 49.5. The second kappa shape index (κ2) is 11.2. The van der Waals surface area contributed by atoms with Crippen molar-refractivity contribution in [1.82, 2.24) is 10.2 Å². The van der Waals surface area contributed by atoms with Gasteiger partial charge in [0.05, 0.1) is 17.1 Å². The number of nitrogens with zero attached hydrogens (tertiary/aromatic N) is 2. The molecule has 0 unspecified atom stereocenters. The third kappa shape index (κ3) is 6.61. The summed E-state index contributed by atoms with van der Waals surface area (Å²) >= 11 is 0. The lowest BCUT2D eigenvalue weighted by molar-refractivity contribution is -0.384. The Morgan fingerprint density at radius 3 is 2.39 bits per heavy atom. The largest absolute Gasteiger partial charge is 0.462 e. The van der Waals surface area contributed by atoms with E-state index in [9.17, 15) is 24.5 Å². The van der Waals surface area contributed by atoms with E-state index >= 15 is 0 Å². The molecule has 2 aromatic carbocycles. The first-order valence-electron chi connectivity index (χ1n) is 11.0. The number of non-ortho nitro benzene ring substituents is 1. The Morgan fingerprint density at radius 1 is 1.09 bits per heavy atom. The number of hydrogen-bond donors (Lipinski definition) is 1. The molecule has 2 amide bonds. The summed E-state index contributed by atoms with van der Waals surface area (Å²) in [6, 6.07) is 13.4. The van der Waals surface area contributed by atoms with Crippen LogP contribution in [0.5, 0.6) is 0 Å². The van der Waals surface area contributed by atoms with E-state index in [0.29, 0.717) is 38.8 Å². The number of nitro benzene ring substituents is 1. The minimum atomic E-state index is -0.716. The SMILES string of the molecule is CCOC(=O)c1cc(C(=O)N2CCC(NC(=O)CCc3ccccc3)CC2)cc([N+](=O)[O-])c1. The van der Waals surface area contributed by atoms with Crippen LogP contribution in [-0.2, 0) is 16.0 Å². The van der Waals surface area contributed by atoms with E-state index < -0.39 is 16.8 Å². The van der Waals surface area contributed by atoms with Crippen molar-refractivity contribution in [3.05, 3.63) is 75.3 Å². The molecule has 0 radical (unpaired) electrons. The first-order valence-corrected chi connectivity index (χ1v) is 11.0. The number of rotatable bonds is 8. The van der Waals surface area contributed by atoms with Crippen LogP contribution in [0.4, 0.5) is 5.69 Å². The Hall–Kier alpha value is -3.75. The fourth-order valence-corrected chi connectivity index (χ4v) is 3.78. The van der Waals surface area contributed by atoms with Crippen LogP contribution in [0.15, 0.2) is 48.5 Å². The van der Waals surface area contributed by atoms with E-state index in [4.69, 9.17) is 4.74 Å². The number of likely N-dealkylation sites (tertiary alicyclic amines) is 1. The summed E-state index contributed by atoms with van der Waals surface area (Å²) in [6.45, 7) is 2.56. The first-order chi connectivity index (χ1) is 15.9. The van der Waals surface area contributed by atoms with Crippen LogP contribution in [0.3, 0.4) is 0 Å². The first kappa shape index (κ1) is 23.9. The number of carbonyl (C=O) groups excluding carboxylic acids is 3. The highest BCUT2D eigenvalue weighted by Gasteiger charge is 2.27. The zero-order valence-corrected chi connectivity index (χ0v) is 18.5. The fraction of sp³-hybridized carbons (Fsp3) is 0.375. The summed E-state index contributed by atoms with van der Waals surface area (Å²) in [5.74, 6) is -1.13. The quantitative estimate of drug-likeness (QED) is 0.373. The Kier molecular flexibility index (Phi) is 8.12. The van der Waals surface area contributed by atoms with Gasteiger partial charge in [0, 0.05) is 43.2 Å². The van der Waals surface area contributed by atoms with E-state index in [2.05, 4.69) is 5.32 Å². The van der Waals surface area contributed by atoms with Gasteiger partial charge in [0.25, 0.3) is 11.6 Å². The van der Waals surface area contributed by atoms with Gasteiger partial charge in [0.1, 0.15) is 0 Å². The van der Waals surface area contributed by atoms with Gasteiger partial charge in [-0.15, -0.1) is 0 Å². The van der Waals surface area contributed by atoms with Crippen LogP contribution in [0.25, 0.3) is 0 Å². The monoisotopic (exact) mass is 453 g/mol. The van der Waals surface area contributed by atoms with Gasteiger partial charge >= 0.3 is 5.97 Å². The number of nitro groups is 1. The van der Waals surface area contributed by atoms with Crippen molar-refractivity contribution in [2.75, 3.05) is 19.7 Å². The number of ether oxygens (including phenoxy) is 1. The van der Waals surface area contributed by atoms with Gasteiger partial charge in [-0.1, -0.05) is 30.3 Å². The standard InChI is InChI=1S/C24H27N3O6/c1-2-33-24(30)19-14-18(15-21(16-19)27(31)32)23(29)26-12-10-20(11-13-26)25-22(28)9-8-17-6-4-3-5-7-17/h3-7,14-16,20H,2,8-13H2,1H3,(H,25,28). The van der Waals surface area contributed by atoms with Crippen LogP contribution in [0.2, 0.25) is 0 Å². The molecular weight excluding hydrogens is 426 g/mol. The molecule has 1 aliphatic rings. The van der Waals surface area contributed by atoms with Crippen molar-refractivity contribution < 1.29 is 24.0 Å². The van der Waals surface area contributed by atoms with Crippen molar-refractivity contribution in [3.8, 4) is 0 Å². The summed E-state index contributed by atoms with van der Waals surface area (Å²) in [7, 11) is 0. The minimum absolute atomic E-state index is 0.0265. The van der Waals surface area contributed by atoms with Gasteiger partial charge in [-0.05, 0) is 37.8 Å². The van der Waals surface area contributed by atoms with Crippen molar-refractivity contribution in [3.63, 3.8) is 0 Å². The number of esters is 1. The van der Waals surface area contributed by atoms with Crippen molar-refractivity contribution >= 4 is 23.5 Å². The van der Waals surface area contributed by atoms with Gasteiger partial charge in [0.2, 0.25) is 5.91 Å². The fourth-order valence-electron chi connectivity index (χ4n) is 3.78. The molecule has 9 nitrogen and oxygen atoms in total. The van der Waals surface area contributed by atoms with E-state index in [1.54, 1.807) is 11.8 Å². The molecule has 3 rings (SSSR count). The molecule has 0 aromatic heterocycles. The molecule has 9 heteroatoms. The van der Waals surface area contributed by atoms with E-state index in [0.717, 1.165) is 11.6 Å². The molecule has 0 atom stereocenters. The maximum Gasteiger partial charge on any atom is 0.338 e. The van der Waals surface area contributed by atoms with Gasteiger partial charge in [-0.2, -0.15) is 0 Å². The molecule has 0 bridgehead atoms. The lowest BCUT2D eigenvalue weighted by atomic mass is 10.0. The zero-order valence-electron chi connectivity index (χ0n) is 18.5. The smallest absolute Gasteiger partial charge is 0.338 e. The Morgan fingerprint density at radius 2 is 1.76 bits per heavy atom. The zero-order chi connectivity index (χ0) is 23.8. The molecule has 0 aliphatic carbocycles. The van der Waals surface area contributed by atoms with Gasteiger partial charge in [-0.25, -0.2) is 4.79 Å². The second-order valence-corrected chi connectivity index (χ2v) is 7.87. The average Bonchev–Trinajstić information content (AvgIpc) is 2.83. The minimum Gasteiger partial charge on any atom is -0.462 e. The predicted octanol–water partition coefficient (Wildman–Crippen LogP) is 3.13. The molecule has 1 aliphatic heterocycles. The second-order valence-electron chi connectivity index (χ2n) is 7.87. The van der Waals surface area contributed by atoms with Crippen LogP contribution in [0, 0.1) is 10.1 Å². The summed E-state index contributed by atoms with van der Waals surface area (Å²) in [6.07, 6.45) is 2.23. The molecule has 33 heavy (non-hydrogen) atoms. The van der Waals surface area contributed by atoms with Crippen molar-refractivity contribution in [1.29, 1.82) is 0 Å². The van der Waals surface area contributed by atoms with Gasteiger partial charge in [0.15, 0.2) is 0 Å². The highest BCUT2D eigenvalue weighted by Crippen LogP contribution is 2.21. The highest BCUT2D eigenvalue weighted by atomic mass is 16.6. The number of aryl methyl sites for hydroxylation is 1. The van der Waals surface area contributed by atoms with Crippen LogP contribution >= 0.6 is 0 Å². The number of piperidine rings is 1. The lowest BCUT2D eigenvalue weighted by Crippen LogP contribution is -2.46. The predicted molar refractivity (Wildman–Crippen MR) is 121 cm³/mol. The molecule has 2 aromatic rings. The molecule has 0 saturated carbocycles. The molecule has 0 spiro atoms. The van der Waals surface area contributed by atoms with Crippen LogP contribution in [0.1, 0.15) is 52.5 Å². The number of benzene rings is 2. The van der Waals surface area contributed by atoms with Gasteiger partial charge < -0.3 is 15.0 Å². The topological polar surface area (TPSA) is 119 Å². The summed E-state index contributed by atoms with van der Waals surface area (Å²) < 4.78 is 4.92. The van der Waals surface area contributed by atoms with E-state index in [1.807, 2.05) is 30.3 Å². The third-order valence-electron chi connectivity index (χ3n) is 5.52. The van der Waals surface area contributed by atoms with E-state index in [1.165, 1.54) is 12.1 Å². The Bertz CT molecular complexity index is 1020. The van der Waals surface area contributed by atoms with Crippen LogP contribution in [-0.4, -0.2) is 53.3 Å². The molecule has 1 saturated heterocycles. The molecular formula is C24H27N3O6. The van der Waals surface area contributed by atoms with Crippen molar-refractivity contribution in [2.45, 2.75) is 38.6 Å². The number of carbonyl (C=O) groups is 3. The Labute approximate surface area is 191 Å². The number of amides is 2.